The lowest BCUT2D eigenvalue weighted by molar-refractivity contribution is -0.136. The molecule has 0 aliphatic carbocycles. The van der Waals surface area contributed by atoms with Crippen molar-refractivity contribution >= 4 is 39.7 Å². The maximum Gasteiger partial charge on any atom is 0.307 e. The van der Waals surface area contributed by atoms with E-state index in [0.717, 1.165) is 27.6 Å². The van der Waals surface area contributed by atoms with Crippen LogP contribution in [-0.2, 0) is 11.2 Å². The van der Waals surface area contributed by atoms with Gasteiger partial charge in [0.2, 0.25) is 0 Å². The summed E-state index contributed by atoms with van der Waals surface area (Å²) < 4.78 is 0. The number of benzene rings is 3. The summed E-state index contributed by atoms with van der Waals surface area (Å²) in [6, 6.07) is 19.0. The summed E-state index contributed by atoms with van der Waals surface area (Å²) >= 11 is 0. The molecule has 146 valence electrons. The van der Waals surface area contributed by atoms with E-state index in [0.29, 0.717) is 22.5 Å². The number of pyridine rings is 1. The first-order chi connectivity index (χ1) is 14.6. The summed E-state index contributed by atoms with van der Waals surface area (Å²) in [7, 11) is 0. The standard InChI is InChI=1S/C24H17N3O3/c28-23(29)11-14-4-7-20-22(10-14)27-24(30)19-6-5-15(12-21(19)26-20)17-3-1-2-16-13-25-9-8-18(16)17/h1-10,12-13,26H,11H2,(H,27,30)(H,28,29). The van der Waals surface area contributed by atoms with Crippen LogP contribution in [0.4, 0.5) is 17.1 Å². The van der Waals surface area contributed by atoms with Crippen LogP contribution in [0.15, 0.2) is 73.1 Å². The summed E-state index contributed by atoms with van der Waals surface area (Å²) in [5, 5.41) is 17.4. The molecule has 0 atom stereocenters. The Balaban J connectivity index is 1.59. The zero-order chi connectivity index (χ0) is 20.7. The zero-order valence-electron chi connectivity index (χ0n) is 15.8. The van der Waals surface area contributed by atoms with Crippen molar-refractivity contribution < 1.29 is 14.7 Å². The van der Waals surface area contributed by atoms with Crippen LogP contribution in [0.25, 0.3) is 21.9 Å². The summed E-state index contributed by atoms with van der Waals surface area (Å²) in [5.74, 6) is -1.15. The number of hydrogen-bond donors (Lipinski definition) is 3. The Morgan fingerprint density at radius 2 is 1.80 bits per heavy atom. The number of carbonyl (C=O) groups excluding carboxylic acids is 1. The van der Waals surface area contributed by atoms with Gasteiger partial charge in [-0.3, -0.25) is 14.6 Å². The van der Waals surface area contributed by atoms with E-state index in [1.807, 2.05) is 42.6 Å². The summed E-state index contributed by atoms with van der Waals surface area (Å²) in [4.78, 5) is 28.0. The van der Waals surface area contributed by atoms with Gasteiger partial charge in [-0.25, -0.2) is 0 Å². The number of hydrogen-bond acceptors (Lipinski definition) is 4. The number of fused-ring (bicyclic) bond motifs is 3. The Morgan fingerprint density at radius 3 is 2.67 bits per heavy atom. The lowest BCUT2D eigenvalue weighted by Gasteiger charge is -2.12. The van der Waals surface area contributed by atoms with Crippen molar-refractivity contribution in [1.82, 2.24) is 4.98 Å². The fourth-order valence-corrected chi connectivity index (χ4v) is 3.81. The number of aliphatic carboxylic acids is 1. The van der Waals surface area contributed by atoms with E-state index >= 15 is 0 Å². The van der Waals surface area contributed by atoms with Crippen LogP contribution in [0.3, 0.4) is 0 Å². The molecule has 6 heteroatoms. The molecule has 4 aromatic rings. The van der Waals surface area contributed by atoms with E-state index in [1.54, 1.807) is 30.5 Å². The third-order valence-electron chi connectivity index (χ3n) is 5.21. The van der Waals surface area contributed by atoms with Gasteiger partial charge in [-0.05, 0) is 52.4 Å². The normalized spacial score (nSPS) is 12.3. The van der Waals surface area contributed by atoms with Gasteiger partial charge < -0.3 is 15.7 Å². The average Bonchev–Trinajstić information content (AvgIpc) is 2.88. The molecule has 2 heterocycles. The highest BCUT2D eigenvalue weighted by Crippen LogP contribution is 2.36. The highest BCUT2D eigenvalue weighted by molar-refractivity contribution is 6.13. The smallest absolute Gasteiger partial charge is 0.307 e. The molecule has 0 bridgehead atoms. The Kier molecular flexibility index (Phi) is 4.17. The van der Waals surface area contributed by atoms with Crippen LogP contribution < -0.4 is 10.6 Å². The highest BCUT2D eigenvalue weighted by Gasteiger charge is 2.20. The molecule has 0 fully saturated rings. The quantitative estimate of drug-likeness (QED) is 0.462. The van der Waals surface area contributed by atoms with E-state index in [1.165, 1.54) is 0 Å². The Hall–Kier alpha value is -4.19. The van der Waals surface area contributed by atoms with Crippen molar-refractivity contribution in [2.24, 2.45) is 0 Å². The van der Waals surface area contributed by atoms with E-state index in [-0.39, 0.29) is 12.3 Å². The Bertz CT molecular complexity index is 1330. The van der Waals surface area contributed by atoms with Gasteiger partial charge in [0.05, 0.1) is 29.0 Å². The van der Waals surface area contributed by atoms with Crippen LogP contribution in [0.2, 0.25) is 0 Å². The van der Waals surface area contributed by atoms with Gasteiger partial charge in [-0.15, -0.1) is 0 Å². The molecule has 0 unspecified atom stereocenters. The molecular formula is C24H17N3O3. The number of carboxylic acid groups (broad SMARTS) is 1. The highest BCUT2D eigenvalue weighted by atomic mass is 16.4. The molecule has 5 rings (SSSR count). The Morgan fingerprint density at radius 1 is 0.900 bits per heavy atom. The van der Waals surface area contributed by atoms with Crippen molar-refractivity contribution in [2.45, 2.75) is 6.42 Å². The lowest BCUT2D eigenvalue weighted by Crippen LogP contribution is -2.11. The number of carboxylic acids is 1. The lowest BCUT2D eigenvalue weighted by atomic mass is 9.97. The molecule has 3 N–H and O–H groups in total. The molecular weight excluding hydrogens is 378 g/mol. The van der Waals surface area contributed by atoms with Gasteiger partial charge in [0.1, 0.15) is 0 Å². The zero-order valence-corrected chi connectivity index (χ0v) is 15.8. The topological polar surface area (TPSA) is 91.3 Å². The van der Waals surface area contributed by atoms with E-state index in [4.69, 9.17) is 5.11 Å². The second-order valence-electron chi connectivity index (χ2n) is 7.19. The predicted octanol–water partition coefficient (Wildman–Crippen LogP) is 4.84. The minimum absolute atomic E-state index is 0.101. The molecule has 3 aromatic carbocycles. The molecule has 6 nitrogen and oxygen atoms in total. The van der Waals surface area contributed by atoms with Gasteiger partial charge in [0.15, 0.2) is 0 Å². The molecule has 0 spiro atoms. The van der Waals surface area contributed by atoms with Crippen molar-refractivity contribution in [3.63, 3.8) is 0 Å². The second-order valence-corrected chi connectivity index (χ2v) is 7.19. The van der Waals surface area contributed by atoms with Crippen LogP contribution in [0.5, 0.6) is 0 Å². The number of carbonyl (C=O) groups is 2. The minimum atomic E-state index is -0.916. The van der Waals surface area contributed by atoms with Gasteiger partial charge in [0, 0.05) is 17.8 Å². The van der Waals surface area contributed by atoms with Gasteiger partial charge in [-0.1, -0.05) is 30.3 Å². The number of anilines is 3. The SMILES string of the molecule is O=C(O)Cc1ccc2c(c1)NC(=O)c1ccc(-c3cccc4cnccc34)cc1N2. The van der Waals surface area contributed by atoms with Crippen LogP contribution in [0, 0.1) is 0 Å². The third-order valence-corrected chi connectivity index (χ3v) is 5.21. The minimum Gasteiger partial charge on any atom is -0.481 e. The van der Waals surface area contributed by atoms with E-state index in [2.05, 4.69) is 15.6 Å². The fraction of sp³-hybridized carbons (Fsp3) is 0.0417. The van der Waals surface area contributed by atoms with Gasteiger partial charge >= 0.3 is 5.97 Å². The largest absolute Gasteiger partial charge is 0.481 e. The van der Waals surface area contributed by atoms with E-state index in [9.17, 15) is 9.59 Å². The number of nitrogens with zero attached hydrogens (tertiary/aromatic N) is 1. The van der Waals surface area contributed by atoms with E-state index < -0.39 is 5.97 Å². The molecule has 0 saturated carbocycles. The summed E-state index contributed by atoms with van der Waals surface area (Å²) in [6.45, 7) is 0. The predicted molar refractivity (Wildman–Crippen MR) is 116 cm³/mol. The van der Waals surface area contributed by atoms with Crippen molar-refractivity contribution in [2.75, 3.05) is 10.6 Å². The number of rotatable bonds is 3. The fourth-order valence-electron chi connectivity index (χ4n) is 3.81. The van der Waals surface area contributed by atoms with Crippen LogP contribution >= 0.6 is 0 Å². The van der Waals surface area contributed by atoms with Crippen LogP contribution in [0.1, 0.15) is 15.9 Å². The monoisotopic (exact) mass is 395 g/mol. The molecule has 0 saturated heterocycles. The van der Waals surface area contributed by atoms with Gasteiger partial charge in [0.25, 0.3) is 5.91 Å². The molecule has 1 aliphatic heterocycles. The van der Waals surface area contributed by atoms with Crippen molar-refractivity contribution in [3.8, 4) is 11.1 Å². The maximum absolute atomic E-state index is 12.8. The molecule has 1 aromatic heterocycles. The summed E-state index contributed by atoms with van der Waals surface area (Å²) in [5.41, 5.74) is 5.16. The number of nitrogens with one attached hydrogen (secondary N) is 2. The first-order valence-electron chi connectivity index (χ1n) is 9.49. The Labute approximate surface area is 172 Å². The molecule has 30 heavy (non-hydrogen) atoms. The van der Waals surface area contributed by atoms with Crippen molar-refractivity contribution in [1.29, 1.82) is 0 Å². The maximum atomic E-state index is 12.8. The summed E-state index contributed by atoms with van der Waals surface area (Å²) in [6.07, 6.45) is 3.50. The number of aromatic nitrogens is 1. The van der Waals surface area contributed by atoms with Crippen LogP contribution in [-0.4, -0.2) is 22.0 Å². The van der Waals surface area contributed by atoms with Crippen molar-refractivity contribution in [3.05, 3.63) is 84.2 Å². The number of amides is 1. The first-order valence-corrected chi connectivity index (χ1v) is 9.49. The third kappa shape index (κ3) is 3.14. The first kappa shape index (κ1) is 17.9. The average molecular weight is 395 g/mol. The van der Waals surface area contributed by atoms with Gasteiger partial charge in [-0.2, -0.15) is 0 Å². The molecule has 0 radical (unpaired) electrons. The second kappa shape index (κ2) is 7.00. The molecule has 1 aliphatic rings. The molecule has 1 amide bonds.